The molecule has 0 saturated heterocycles. The van der Waals surface area contributed by atoms with Crippen LogP contribution in [0, 0.1) is 0 Å². The van der Waals surface area contributed by atoms with E-state index >= 15 is 0 Å². The summed E-state index contributed by atoms with van der Waals surface area (Å²) in [6.07, 6.45) is 7.34. The highest BCUT2D eigenvalue weighted by Crippen LogP contribution is 2.31. The Balaban J connectivity index is 2.14. The van der Waals surface area contributed by atoms with Crippen LogP contribution < -0.4 is 11.5 Å². The van der Waals surface area contributed by atoms with Gasteiger partial charge in [-0.1, -0.05) is 56.9 Å². The van der Waals surface area contributed by atoms with Gasteiger partial charge in [0.25, 0.3) is 0 Å². The summed E-state index contributed by atoms with van der Waals surface area (Å²) in [6, 6.07) is 10.2. The molecule has 0 amide bonds. The largest absolute Gasteiger partial charge is 0.398 e. The molecule has 102 valence electrons. The zero-order chi connectivity index (χ0) is 13.7. The van der Waals surface area contributed by atoms with E-state index < -0.39 is 0 Å². The van der Waals surface area contributed by atoms with E-state index in [1.807, 2.05) is 18.2 Å². The lowest BCUT2D eigenvalue weighted by Crippen LogP contribution is -2.01. The van der Waals surface area contributed by atoms with Gasteiger partial charge in [0.1, 0.15) is 0 Å². The molecule has 2 nitrogen and oxygen atoms in total. The maximum atomic E-state index is 6.28. The number of anilines is 2. The van der Waals surface area contributed by atoms with Crippen LogP contribution in [0.4, 0.5) is 11.4 Å². The molecule has 0 aliphatic rings. The Kier molecular flexibility index (Phi) is 4.67. The smallest absolute Gasteiger partial charge is 0.0446 e. The maximum absolute atomic E-state index is 6.28. The van der Waals surface area contributed by atoms with Crippen molar-refractivity contribution in [2.75, 3.05) is 11.5 Å². The average Bonchev–Trinajstić information content (AvgIpc) is 2.42. The molecule has 0 radical (unpaired) electrons. The molecule has 0 unspecified atom stereocenters. The third kappa shape index (κ3) is 3.19. The number of rotatable bonds is 6. The Hall–Kier alpha value is -1.70. The highest BCUT2D eigenvalue weighted by molar-refractivity contribution is 5.97. The number of hydrogen-bond donors (Lipinski definition) is 2. The predicted octanol–water partition coefficient (Wildman–Crippen LogP) is 4.52. The van der Waals surface area contributed by atoms with Gasteiger partial charge in [0.15, 0.2) is 0 Å². The molecule has 4 N–H and O–H groups in total. The fourth-order valence-electron chi connectivity index (χ4n) is 2.63. The minimum Gasteiger partial charge on any atom is -0.398 e. The fraction of sp³-hybridized carbons (Fsp3) is 0.412. The first-order valence-electron chi connectivity index (χ1n) is 7.29. The molecule has 0 heterocycles. The van der Waals surface area contributed by atoms with Crippen molar-refractivity contribution in [1.29, 1.82) is 0 Å². The Morgan fingerprint density at radius 2 is 1.68 bits per heavy atom. The van der Waals surface area contributed by atoms with Crippen LogP contribution in [-0.2, 0) is 6.42 Å². The highest BCUT2D eigenvalue weighted by atomic mass is 14.6. The van der Waals surface area contributed by atoms with E-state index in [0.29, 0.717) is 0 Å². The number of hydrogen-bond acceptors (Lipinski definition) is 2. The van der Waals surface area contributed by atoms with Gasteiger partial charge in [-0.25, -0.2) is 0 Å². The molecule has 2 aromatic carbocycles. The first-order chi connectivity index (χ1) is 9.24. The topological polar surface area (TPSA) is 52.0 Å². The van der Waals surface area contributed by atoms with Crippen LogP contribution in [0.1, 0.15) is 44.6 Å². The lowest BCUT2D eigenvalue weighted by atomic mass is 9.97. The molecule has 0 aromatic heterocycles. The van der Waals surface area contributed by atoms with Gasteiger partial charge >= 0.3 is 0 Å². The molecule has 0 fully saturated rings. The van der Waals surface area contributed by atoms with Crippen molar-refractivity contribution in [2.45, 2.75) is 45.4 Å². The molecule has 0 aliphatic heterocycles. The average molecular weight is 256 g/mol. The summed E-state index contributed by atoms with van der Waals surface area (Å²) in [6.45, 7) is 2.24. The molecule has 0 saturated carbocycles. The van der Waals surface area contributed by atoms with E-state index in [9.17, 15) is 0 Å². The number of nitrogen functional groups attached to an aromatic ring is 2. The van der Waals surface area contributed by atoms with Crippen LogP contribution in [0.15, 0.2) is 30.3 Å². The fourth-order valence-corrected chi connectivity index (χ4v) is 2.63. The zero-order valence-corrected chi connectivity index (χ0v) is 11.8. The Bertz CT molecular complexity index is 546. The normalized spacial score (nSPS) is 11.0. The predicted molar refractivity (Wildman–Crippen MR) is 85.2 cm³/mol. The van der Waals surface area contributed by atoms with E-state index in [-0.39, 0.29) is 0 Å². The minimum atomic E-state index is 0.840. The standard InChI is InChI=1S/C17H24N2/c1-2-3-4-5-6-11-15-16(18)12-13-9-7-8-10-14(13)17(15)19/h7-10,12H,2-6,11,18-19H2,1H3. The van der Waals surface area contributed by atoms with E-state index in [4.69, 9.17) is 11.5 Å². The summed E-state index contributed by atoms with van der Waals surface area (Å²) in [5.41, 5.74) is 15.3. The SMILES string of the molecule is CCCCCCCc1c(N)cc2ccccc2c1N. The summed E-state index contributed by atoms with van der Waals surface area (Å²) >= 11 is 0. The molecule has 2 rings (SSSR count). The van der Waals surface area contributed by atoms with Gasteiger partial charge < -0.3 is 11.5 Å². The van der Waals surface area contributed by atoms with Gasteiger partial charge in [0, 0.05) is 16.8 Å². The molecular weight excluding hydrogens is 232 g/mol. The molecule has 2 aromatic rings. The molecule has 0 bridgehead atoms. The monoisotopic (exact) mass is 256 g/mol. The number of benzene rings is 2. The van der Waals surface area contributed by atoms with Gasteiger partial charge in [-0.2, -0.15) is 0 Å². The molecular formula is C17H24N2. The summed E-state index contributed by atoms with van der Waals surface area (Å²) in [5, 5.41) is 2.26. The highest BCUT2D eigenvalue weighted by Gasteiger charge is 2.08. The third-order valence-electron chi connectivity index (χ3n) is 3.77. The third-order valence-corrected chi connectivity index (χ3v) is 3.77. The summed E-state index contributed by atoms with van der Waals surface area (Å²) < 4.78 is 0. The van der Waals surface area contributed by atoms with E-state index in [0.717, 1.165) is 34.1 Å². The Morgan fingerprint density at radius 3 is 2.47 bits per heavy atom. The van der Waals surface area contributed by atoms with Crippen molar-refractivity contribution >= 4 is 22.1 Å². The number of fused-ring (bicyclic) bond motifs is 1. The van der Waals surface area contributed by atoms with E-state index in [1.165, 1.54) is 32.1 Å². The first kappa shape index (κ1) is 13.7. The summed E-state index contributed by atoms with van der Waals surface area (Å²) in [5.74, 6) is 0. The van der Waals surface area contributed by atoms with Crippen molar-refractivity contribution < 1.29 is 0 Å². The van der Waals surface area contributed by atoms with Crippen LogP contribution in [0.3, 0.4) is 0 Å². The van der Waals surface area contributed by atoms with Gasteiger partial charge in [-0.05, 0) is 29.9 Å². The van der Waals surface area contributed by atoms with Crippen LogP contribution in [0.25, 0.3) is 10.8 Å². The number of unbranched alkanes of at least 4 members (excludes halogenated alkanes) is 4. The van der Waals surface area contributed by atoms with Gasteiger partial charge in [-0.15, -0.1) is 0 Å². The Morgan fingerprint density at radius 1 is 0.947 bits per heavy atom. The molecule has 19 heavy (non-hydrogen) atoms. The van der Waals surface area contributed by atoms with Crippen molar-refractivity contribution in [2.24, 2.45) is 0 Å². The van der Waals surface area contributed by atoms with Crippen molar-refractivity contribution in [3.63, 3.8) is 0 Å². The lowest BCUT2D eigenvalue weighted by molar-refractivity contribution is 0.633. The van der Waals surface area contributed by atoms with Crippen LogP contribution >= 0.6 is 0 Å². The lowest BCUT2D eigenvalue weighted by Gasteiger charge is -2.12. The van der Waals surface area contributed by atoms with E-state index in [2.05, 4.69) is 19.1 Å². The van der Waals surface area contributed by atoms with Crippen molar-refractivity contribution in [3.05, 3.63) is 35.9 Å². The quantitative estimate of drug-likeness (QED) is 0.590. The first-order valence-corrected chi connectivity index (χ1v) is 7.29. The Labute approximate surface area is 115 Å². The van der Waals surface area contributed by atoms with Crippen LogP contribution in [0.2, 0.25) is 0 Å². The minimum absolute atomic E-state index is 0.840. The number of nitrogens with two attached hydrogens (primary N) is 2. The summed E-state index contributed by atoms with van der Waals surface area (Å²) in [7, 11) is 0. The molecule has 0 atom stereocenters. The van der Waals surface area contributed by atoms with Gasteiger partial charge in [-0.3, -0.25) is 0 Å². The van der Waals surface area contributed by atoms with Crippen molar-refractivity contribution in [3.8, 4) is 0 Å². The maximum Gasteiger partial charge on any atom is 0.0446 e. The molecule has 0 aliphatic carbocycles. The van der Waals surface area contributed by atoms with Gasteiger partial charge in [0.2, 0.25) is 0 Å². The van der Waals surface area contributed by atoms with E-state index in [1.54, 1.807) is 0 Å². The second kappa shape index (κ2) is 6.46. The zero-order valence-electron chi connectivity index (χ0n) is 11.8. The summed E-state index contributed by atoms with van der Waals surface area (Å²) in [4.78, 5) is 0. The molecule has 0 spiro atoms. The van der Waals surface area contributed by atoms with Crippen molar-refractivity contribution in [1.82, 2.24) is 0 Å². The second-order valence-electron chi connectivity index (χ2n) is 5.24. The van der Waals surface area contributed by atoms with Crippen LogP contribution in [-0.4, -0.2) is 0 Å². The molecule has 2 heteroatoms. The second-order valence-corrected chi connectivity index (χ2v) is 5.24. The van der Waals surface area contributed by atoms with Gasteiger partial charge in [0.05, 0.1) is 0 Å². The van der Waals surface area contributed by atoms with Crippen LogP contribution in [0.5, 0.6) is 0 Å².